The molecule has 0 radical (unpaired) electrons. The van der Waals surface area contributed by atoms with E-state index in [-0.39, 0.29) is 6.10 Å². The quantitative estimate of drug-likeness (QED) is 0.521. The first-order valence-corrected chi connectivity index (χ1v) is 2.76. The number of rotatable bonds is 3. The molecule has 0 bridgehead atoms. The van der Waals surface area contributed by atoms with Crippen LogP contribution in [0.4, 0.5) is 8.63 Å². The maximum Gasteiger partial charge on any atom is 0.563 e. The van der Waals surface area contributed by atoms with E-state index in [4.69, 9.17) is 4.74 Å². The van der Waals surface area contributed by atoms with Gasteiger partial charge in [-0.2, -0.15) is 0 Å². The van der Waals surface area contributed by atoms with Crippen LogP contribution in [0.15, 0.2) is 0 Å². The molecule has 9 heavy (non-hydrogen) atoms. The summed E-state index contributed by atoms with van der Waals surface area (Å²) in [5, 5.41) is 0. The molecule has 0 saturated carbocycles. The molecule has 52 valence electrons. The first-order valence-electron chi connectivity index (χ1n) is 2.76. The van der Waals surface area contributed by atoms with Crippen LogP contribution in [-0.4, -0.2) is 33.1 Å². The molecule has 1 aliphatic rings. The van der Waals surface area contributed by atoms with E-state index in [0.717, 1.165) is 0 Å². The van der Waals surface area contributed by atoms with Gasteiger partial charge >= 0.3 is 7.27 Å². The molecule has 1 fully saturated rings. The van der Waals surface area contributed by atoms with Crippen LogP contribution in [0, 0.1) is 0 Å². The summed E-state index contributed by atoms with van der Waals surface area (Å²) in [6, 6.07) is 0. The van der Waals surface area contributed by atoms with Gasteiger partial charge in [-0.25, -0.2) is 0 Å². The maximum atomic E-state index is 11.4. The van der Waals surface area contributed by atoms with Gasteiger partial charge in [-0.15, -0.1) is 0 Å². The third-order valence-electron chi connectivity index (χ3n) is 1.07. The monoisotopic (exact) mass is 136 g/mol. The highest BCUT2D eigenvalue weighted by atomic mass is 19.2. The van der Waals surface area contributed by atoms with Crippen LogP contribution in [0.5, 0.6) is 0 Å². The molecule has 0 N–H and O–H groups in total. The molecule has 0 aromatic rings. The van der Waals surface area contributed by atoms with E-state index < -0.39 is 13.8 Å². The van der Waals surface area contributed by atoms with Gasteiger partial charge in [0.15, 0.2) is 0 Å². The number of hydrogen-bond donors (Lipinski definition) is 0. The Bertz CT molecular complexity index is 86.6. The van der Waals surface area contributed by atoms with Gasteiger partial charge in [-0.1, -0.05) is 0 Å². The Morgan fingerprint density at radius 2 is 2.22 bits per heavy atom. The lowest BCUT2D eigenvalue weighted by Crippen LogP contribution is -2.37. The van der Waals surface area contributed by atoms with Crippen molar-refractivity contribution in [2.75, 3.05) is 19.7 Å². The molecule has 1 aliphatic heterocycles. The van der Waals surface area contributed by atoms with Crippen LogP contribution in [0.3, 0.4) is 0 Å². The van der Waals surface area contributed by atoms with Gasteiger partial charge in [0.1, 0.15) is 6.10 Å². The highest BCUT2D eigenvalue weighted by Gasteiger charge is 2.22. The summed E-state index contributed by atoms with van der Waals surface area (Å²) in [5.74, 6) is 0. The molecule has 0 aromatic heterocycles. The van der Waals surface area contributed by atoms with Gasteiger partial charge in [-0.05, 0) is 0 Å². The van der Waals surface area contributed by atoms with Crippen molar-refractivity contribution in [1.82, 2.24) is 0 Å². The molecule has 1 heterocycles. The molecule has 0 atom stereocenters. The lowest BCUT2D eigenvalue weighted by Gasteiger charge is -2.25. The van der Waals surface area contributed by atoms with Gasteiger partial charge in [-0.3, -0.25) is 8.63 Å². The zero-order valence-electron chi connectivity index (χ0n) is 4.85. The molecule has 0 aliphatic carbocycles. The lowest BCUT2D eigenvalue weighted by atomic mass is 10.0. The van der Waals surface area contributed by atoms with Crippen molar-refractivity contribution in [2.24, 2.45) is 0 Å². The molecule has 0 unspecified atom stereocenters. The van der Waals surface area contributed by atoms with E-state index in [1.165, 1.54) is 0 Å². The summed E-state index contributed by atoms with van der Waals surface area (Å²) in [7, 11) is -2.36. The fourth-order valence-corrected chi connectivity index (χ4v) is 0.519. The van der Waals surface area contributed by atoms with E-state index >= 15 is 0 Å². The first kappa shape index (κ1) is 6.96. The second kappa shape index (κ2) is 3.13. The Balaban J connectivity index is 1.91. The van der Waals surface area contributed by atoms with Crippen molar-refractivity contribution in [3.05, 3.63) is 0 Å². The molecular weight excluding hydrogens is 129 g/mol. The normalized spacial score (nSPS) is 19.3. The molecule has 0 spiro atoms. The van der Waals surface area contributed by atoms with Gasteiger partial charge in [0, 0.05) is 0 Å². The van der Waals surface area contributed by atoms with Crippen LogP contribution in [-0.2, 0) is 9.47 Å². The molecule has 0 aromatic carbocycles. The summed E-state index contributed by atoms with van der Waals surface area (Å²) < 4.78 is 32.1. The van der Waals surface area contributed by atoms with E-state index in [1.807, 2.05) is 0 Å². The minimum atomic E-state index is -2.36. The van der Waals surface area contributed by atoms with Gasteiger partial charge in [0.2, 0.25) is 0 Å². The number of ether oxygens (including phenoxy) is 2. The molecule has 1 rings (SSSR count). The average molecular weight is 136 g/mol. The lowest BCUT2D eigenvalue weighted by molar-refractivity contribution is -0.120. The first-order chi connectivity index (χ1) is 4.29. The van der Waals surface area contributed by atoms with E-state index in [2.05, 4.69) is 4.74 Å². The van der Waals surface area contributed by atoms with Gasteiger partial charge in [0.05, 0.1) is 19.7 Å². The Morgan fingerprint density at radius 3 is 2.56 bits per heavy atom. The Labute approximate surface area is 52.3 Å². The maximum absolute atomic E-state index is 11.4. The van der Waals surface area contributed by atoms with Gasteiger partial charge in [0.25, 0.3) is 0 Å². The Kier molecular flexibility index (Phi) is 2.42. The topological polar surface area (TPSA) is 18.5 Å². The Hall–Kier alpha value is -0.155. The van der Waals surface area contributed by atoms with Crippen LogP contribution >= 0.6 is 0 Å². The van der Waals surface area contributed by atoms with Crippen molar-refractivity contribution < 1.29 is 18.1 Å². The third-order valence-corrected chi connectivity index (χ3v) is 1.07. The SMILES string of the molecule is FB(F)COC1COC1. The van der Waals surface area contributed by atoms with E-state index in [0.29, 0.717) is 13.2 Å². The predicted octanol–water partition coefficient (Wildman–Crippen LogP) is 0.368. The van der Waals surface area contributed by atoms with Crippen molar-refractivity contribution in [1.29, 1.82) is 0 Å². The summed E-state index contributed by atoms with van der Waals surface area (Å²) in [6.07, 6.45) is -0.0843. The Morgan fingerprint density at radius 1 is 1.56 bits per heavy atom. The van der Waals surface area contributed by atoms with Crippen molar-refractivity contribution in [2.45, 2.75) is 6.10 Å². The molecule has 1 saturated heterocycles. The molecular formula is C4H7BF2O2. The zero-order valence-corrected chi connectivity index (χ0v) is 4.85. The summed E-state index contributed by atoms with van der Waals surface area (Å²) in [6.45, 7) is 0.466. The van der Waals surface area contributed by atoms with Crippen molar-refractivity contribution >= 4 is 7.27 Å². The minimum absolute atomic E-state index is 0.0843. The highest BCUT2D eigenvalue weighted by molar-refractivity contribution is 6.42. The van der Waals surface area contributed by atoms with Crippen LogP contribution in [0.25, 0.3) is 0 Å². The highest BCUT2D eigenvalue weighted by Crippen LogP contribution is 2.05. The summed E-state index contributed by atoms with van der Waals surface area (Å²) >= 11 is 0. The molecule has 2 nitrogen and oxygen atoms in total. The second-order valence-corrected chi connectivity index (χ2v) is 1.88. The van der Waals surface area contributed by atoms with E-state index in [9.17, 15) is 8.63 Å². The largest absolute Gasteiger partial charge is 0.563 e. The van der Waals surface area contributed by atoms with Gasteiger partial charge < -0.3 is 9.47 Å². The minimum Gasteiger partial charge on any atom is -0.376 e. The van der Waals surface area contributed by atoms with Crippen molar-refractivity contribution in [3.63, 3.8) is 0 Å². The smallest absolute Gasteiger partial charge is 0.376 e. The second-order valence-electron chi connectivity index (χ2n) is 1.88. The van der Waals surface area contributed by atoms with Crippen LogP contribution in [0.1, 0.15) is 0 Å². The summed E-state index contributed by atoms with van der Waals surface area (Å²) in [5.41, 5.74) is 0. The molecule has 0 amide bonds. The van der Waals surface area contributed by atoms with E-state index in [1.54, 1.807) is 0 Å². The zero-order chi connectivity index (χ0) is 6.69. The standard InChI is InChI=1S/C4H7BF2O2/c6-5(7)3-9-4-1-8-2-4/h4H,1-3H2. The summed E-state index contributed by atoms with van der Waals surface area (Å²) in [4.78, 5) is 0. The fourth-order valence-electron chi connectivity index (χ4n) is 0.519. The van der Waals surface area contributed by atoms with Crippen LogP contribution in [0.2, 0.25) is 0 Å². The fraction of sp³-hybridized carbons (Fsp3) is 1.00. The predicted molar refractivity (Wildman–Crippen MR) is 28.5 cm³/mol. The average Bonchev–Trinajstić information content (AvgIpc) is 1.60. The molecule has 5 heteroatoms. The van der Waals surface area contributed by atoms with Crippen LogP contribution < -0.4 is 0 Å². The third kappa shape index (κ3) is 2.28. The number of halogens is 2. The van der Waals surface area contributed by atoms with Crippen molar-refractivity contribution in [3.8, 4) is 0 Å². The number of hydrogen-bond acceptors (Lipinski definition) is 2.